The molecule has 11 heavy (non-hydrogen) atoms. The van der Waals surface area contributed by atoms with Gasteiger partial charge in [-0.2, -0.15) is 0 Å². The molecule has 0 spiro atoms. The van der Waals surface area contributed by atoms with Crippen LogP contribution in [0.15, 0.2) is 12.7 Å². The van der Waals surface area contributed by atoms with E-state index in [-0.39, 0.29) is 0 Å². The zero-order valence-electron chi connectivity index (χ0n) is 9.11. The summed E-state index contributed by atoms with van der Waals surface area (Å²) in [5, 5.41) is 0. The number of unbranched alkanes of at least 4 members (excludes halogenated alkanes) is 2. The predicted molar refractivity (Wildman–Crippen MR) is 57.0 cm³/mol. The van der Waals surface area contributed by atoms with Crippen LogP contribution in [0.4, 0.5) is 0 Å². The molecule has 0 aliphatic heterocycles. The summed E-state index contributed by atoms with van der Waals surface area (Å²) in [5.41, 5.74) is 0. The molecule has 0 aromatic rings. The lowest BCUT2D eigenvalue weighted by Gasteiger charge is -1.68. The number of rotatable bonds is 2. The van der Waals surface area contributed by atoms with Crippen molar-refractivity contribution in [2.75, 3.05) is 0 Å². The van der Waals surface area contributed by atoms with Gasteiger partial charge >= 0.3 is 0 Å². The van der Waals surface area contributed by atoms with Gasteiger partial charge < -0.3 is 0 Å². The van der Waals surface area contributed by atoms with Crippen LogP contribution in [-0.4, -0.2) is 0 Å². The molecule has 0 aromatic carbocycles. The Morgan fingerprint density at radius 3 is 0.909 bits per heavy atom. The summed E-state index contributed by atoms with van der Waals surface area (Å²) in [4.78, 5) is 0. The molecule has 0 bridgehead atoms. The molecule has 0 rings (SSSR count). The average Bonchev–Trinajstić information content (AvgIpc) is 2.06. The lowest BCUT2D eigenvalue weighted by atomic mass is 10.4. The Morgan fingerprint density at radius 2 is 0.909 bits per heavy atom. The van der Waals surface area contributed by atoms with Crippen molar-refractivity contribution in [2.45, 2.75) is 60.3 Å². The van der Waals surface area contributed by atoms with Crippen molar-refractivity contribution in [3.8, 4) is 0 Å². The second kappa shape index (κ2) is 33.1. The highest BCUT2D eigenvalue weighted by Crippen LogP contribution is 1.77. The minimum atomic E-state index is 1.32. The molecule has 0 nitrogen and oxygen atoms in total. The topological polar surface area (TPSA) is 0 Å². The summed E-state index contributed by atoms with van der Waals surface area (Å²) in [6.07, 6.45) is 7.03. The van der Waals surface area contributed by atoms with E-state index in [9.17, 15) is 0 Å². The highest BCUT2D eigenvalue weighted by Gasteiger charge is 1.56. The van der Waals surface area contributed by atoms with Gasteiger partial charge in [-0.1, -0.05) is 59.5 Å². The zero-order valence-corrected chi connectivity index (χ0v) is 9.11. The first-order valence-electron chi connectivity index (χ1n) is 4.81. The van der Waals surface area contributed by atoms with Crippen LogP contribution in [0, 0.1) is 0 Å². The minimum Gasteiger partial charge on any atom is -0.103 e. The predicted octanol–water partition coefficient (Wildman–Crippen LogP) is 4.81. The summed E-state index contributed by atoms with van der Waals surface area (Å²) < 4.78 is 0. The molecule has 0 aliphatic rings. The van der Waals surface area contributed by atoms with Gasteiger partial charge in [0.25, 0.3) is 0 Å². The van der Waals surface area contributed by atoms with Crippen molar-refractivity contribution < 1.29 is 0 Å². The first-order chi connectivity index (χ1) is 5.24. The second-order valence-corrected chi connectivity index (χ2v) is 2.41. The summed E-state index contributed by atoms with van der Waals surface area (Å²) in [6, 6.07) is 0. The summed E-state index contributed by atoms with van der Waals surface area (Å²) in [7, 11) is 0. The third kappa shape index (κ3) is 193. The summed E-state index contributed by atoms with van der Waals surface area (Å²) in [6.45, 7) is 14.0. The largest absolute Gasteiger partial charge is 0.103 e. The Labute approximate surface area is 73.7 Å². The van der Waals surface area contributed by atoms with E-state index >= 15 is 0 Å². The molecule has 0 radical (unpaired) electrons. The fraction of sp³-hybridized carbons (Fsp3) is 0.818. The highest BCUT2D eigenvalue weighted by atomic mass is 13.6. The smallest absolute Gasteiger partial charge is 0.0473 e. The molecule has 0 heteroatoms. The quantitative estimate of drug-likeness (QED) is 0.506. The number of hydrogen-bond donors (Lipinski definition) is 0. The third-order valence-electron chi connectivity index (χ3n) is 1.000. The number of allylic oxidation sites excluding steroid dienone is 1. The van der Waals surface area contributed by atoms with Crippen molar-refractivity contribution in [1.82, 2.24) is 0 Å². The lowest BCUT2D eigenvalue weighted by molar-refractivity contribution is 0.886. The SMILES string of the molecule is C=CC.CCCC.CCCC. The molecule has 0 amide bonds. The van der Waals surface area contributed by atoms with Gasteiger partial charge in [-0.05, 0) is 6.92 Å². The van der Waals surface area contributed by atoms with Crippen LogP contribution in [0.25, 0.3) is 0 Å². The van der Waals surface area contributed by atoms with Gasteiger partial charge in [-0.25, -0.2) is 0 Å². The number of hydrogen-bond acceptors (Lipinski definition) is 0. The monoisotopic (exact) mass is 158 g/mol. The first kappa shape index (κ1) is 17.0. The molecule has 0 fully saturated rings. The lowest BCUT2D eigenvalue weighted by Crippen LogP contribution is -1.47. The van der Waals surface area contributed by atoms with Crippen LogP contribution < -0.4 is 0 Å². The molecular weight excluding hydrogens is 132 g/mol. The van der Waals surface area contributed by atoms with E-state index in [0.29, 0.717) is 0 Å². The van der Waals surface area contributed by atoms with E-state index in [1.165, 1.54) is 25.7 Å². The zero-order chi connectivity index (χ0) is 9.54. The van der Waals surface area contributed by atoms with Gasteiger partial charge in [0.15, 0.2) is 0 Å². The van der Waals surface area contributed by atoms with Gasteiger partial charge in [0.2, 0.25) is 0 Å². The van der Waals surface area contributed by atoms with Crippen molar-refractivity contribution in [3.63, 3.8) is 0 Å². The maximum Gasteiger partial charge on any atom is -0.0473 e. The molecular formula is C11H26. The van der Waals surface area contributed by atoms with Crippen LogP contribution in [0.5, 0.6) is 0 Å². The molecule has 0 heterocycles. The van der Waals surface area contributed by atoms with Crippen LogP contribution >= 0.6 is 0 Å². The standard InChI is InChI=1S/2C4H10.C3H6/c2*1-3-4-2;1-3-2/h2*3-4H2,1-2H3;3H,1H2,2H3. The average molecular weight is 158 g/mol. The Morgan fingerprint density at radius 1 is 0.818 bits per heavy atom. The van der Waals surface area contributed by atoms with Crippen LogP contribution in [0.3, 0.4) is 0 Å². The Bertz CT molecular complexity index is 29.3. The molecule has 70 valence electrons. The third-order valence-corrected chi connectivity index (χ3v) is 1.000. The van der Waals surface area contributed by atoms with E-state index in [1.54, 1.807) is 6.08 Å². The molecule has 0 aliphatic carbocycles. The van der Waals surface area contributed by atoms with Crippen LogP contribution in [-0.2, 0) is 0 Å². The van der Waals surface area contributed by atoms with Crippen molar-refractivity contribution >= 4 is 0 Å². The molecule has 0 saturated carbocycles. The summed E-state index contributed by atoms with van der Waals surface area (Å²) in [5.74, 6) is 0. The van der Waals surface area contributed by atoms with Gasteiger partial charge in [0.05, 0.1) is 0 Å². The maximum atomic E-state index is 3.36. The van der Waals surface area contributed by atoms with Gasteiger partial charge in [-0.15, -0.1) is 6.58 Å². The Kier molecular flexibility index (Phi) is 51.2. The van der Waals surface area contributed by atoms with E-state index in [1.807, 2.05) is 6.92 Å². The van der Waals surface area contributed by atoms with Gasteiger partial charge in [0, 0.05) is 0 Å². The molecule has 0 saturated heterocycles. The fourth-order valence-electron chi connectivity index (χ4n) is 0. The first-order valence-corrected chi connectivity index (χ1v) is 4.81. The van der Waals surface area contributed by atoms with Crippen molar-refractivity contribution in [1.29, 1.82) is 0 Å². The molecule has 0 atom stereocenters. The normalized spacial score (nSPS) is 6.64. The minimum absolute atomic E-state index is 1.32. The highest BCUT2D eigenvalue weighted by molar-refractivity contribution is 4.51. The van der Waals surface area contributed by atoms with Crippen LogP contribution in [0.1, 0.15) is 60.3 Å². The summed E-state index contributed by atoms with van der Waals surface area (Å²) >= 11 is 0. The maximum absolute atomic E-state index is 3.36. The van der Waals surface area contributed by atoms with E-state index in [2.05, 4.69) is 34.3 Å². The van der Waals surface area contributed by atoms with Crippen LogP contribution in [0.2, 0.25) is 0 Å². The van der Waals surface area contributed by atoms with Gasteiger partial charge in [0.1, 0.15) is 0 Å². The Hall–Kier alpha value is -0.260. The van der Waals surface area contributed by atoms with Crippen molar-refractivity contribution in [3.05, 3.63) is 12.7 Å². The van der Waals surface area contributed by atoms with Gasteiger partial charge in [-0.3, -0.25) is 0 Å². The van der Waals surface area contributed by atoms with E-state index < -0.39 is 0 Å². The molecule has 0 aromatic heterocycles. The molecule has 0 unspecified atom stereocenters. The molecule has 0 N–H and O–H groups in total. The van der Waals surface area contributed by atoms with E-state index in [4.69, 9.17) is 0 Å². The van der Waals surface area contributed by atoms with E-state index in [0.717, 1.165) is 0 Å². The Balaban J connectivity index is -0.0000000886. The van der Waals surface area contributed by atoms with Crippen molar-refractivity contribution in [2.24, 2.45) is 0 Å². The fourth-order valence-corrected chi connectivity index (χ4v) is 0. The second-order valence-electron chi connectivity index (χ2n) is 2.41.